The zero-order valence-electron chi connectivity index (χ0n) is 21.0. The number of hydrogen-bond acceptors (Lipinski definition) is 6. The van der Waals surface area contributed by atoms with Gasteiger partial charge in [0.25, 0.3) is 0 Å². The number of benzene rings is 2. The van der Waals surface area contributed by atoms with Gasteiger partial charge in [0.2, 0.25) is 0 Å². The van der Waals surface area contributed by atoms with E-state index in [2.05, 4.69) is 15.3 Å². The summed E-state index contributed by atoms with van der Waals surface area (Å²) in [6.45, 7) is 0. The molecule has 1 aliphatic rings. The van der Waals surface area contributed by atoms with Crippen molar-refractivity contribution in [2.45, 2.75) is 54.1 Å². The van der Waals surface area contributed by atoms with E-state index in [0.717, 1.165) is 30.3 Å². The van der Waals surface area contributed by atoms with Crippen molar-refractivity contribution in [1.29, 1.82) is 0 Å². The standard InChI is InChI=1S/C26H26ClF5N4O2S/c1-36(2)24-9-15(18-10-16(26(30,31)32)4-5-20(18)28)3-6-22(24)35-23-12-21(29)25(11-19(23)27)39(37,38)13-17-7-8-33-14-34-17/h4-5,7-8,10-12,14-15,22,24,35H,3,6,9,13H2,1-2H3/t15-,22-,24-/m0/s1. The monoisotopic (exact) mass is 588 g/mol. The first kappa shape index (κ1) is 29.2. The third-order valence-corrected chi connectivity index (χ3v) is 8.89. The minimum Gasteiger partial charge on any atom is -0.379 e. The molecule has 13 heteroatoms. The Kier molecular flexibility index (Phi) is 8.48. The molecule has 4 rings (SSSR count). The summed E-state index contributed by atoms with van der Waals surface area (Å²) in [6.07, 6.45) is -0.865. The van der Waals surface area contributed by atoms with E-state index in [4.69, 9.17) is 11.6 Å². The lowest BCUT2D eigenvalue weighted by molar-refractivity contribution is -0.137. The van der Waals surface area contributed by atoms with Gasteiger partial charge in [-0.25, -0.2) is 27.2 Å². The van der Waals surface area contributed by atoms with Crippen LogP contribution in [0, 0.1) is 11.6 Å². The molecule has 3 aromatic rings. The maximum Gasteiger partial charge on any atom is 0.416 e. The van der Waals surface area contributed by atoms with E-state index in [-0.39, 0.29) is 34.1 Å². The number of aromatic nitrogens is 2. The molecular weight excluding hydrogens is 563 g/mol. The second kappa shape index (κ2) is 11.3. The van der Waals surface area contributed by atoms with E-state index >= 15 is 4.39 Å². The lowest BCUT2D eigenvalue weighted by Gasteiger charge is -2.41. The summed E-state index contributed by atoms with van der Waals surface area (Å²) < 4.78 is 94.9. The summed E-state index contributed by atoms with van der Waals surface area (Å²) in [5, 5.41) is 3.16. The Balaban J connectivity index is 1.55. The molecule has 0 bridgehead atoms. The van der Waals surface area contributed by atoms with Crippen LogP contribution < -0.4 is 5.32 Å². The number of sulfone groups is 1. The highest BCUT2D eigenvalue weighted by atomic mass is 35.5. The molecule has 0 spiro atoms. The summed E-state index contributed by atoms with van der Waals surface area (Å²) in [6, 6.07) is 5.33. The van der Waals surface area contributed by atoms with Crippen molar-refractivity contribution in [3.8, 4) is 0 Å². The first-order valence-corrected chi connectivity index (χ1v) is 14.1. The average Bonchev–Trinajstić information content (AvgIpc) is 2.86. The van der Waals surface area contributed by atoms with Gasteiger partial charge in [-0.05, 0) is 81.2 Å². The molecule has 210 valence electrons. The largest absolute Gasteiger partial charge is 0.416 e. The summed E-state index contributed by atoms with van der Waals surface area (Å²) >= 11 is 6.37. The topological polar surface area (TPSA) is 75.2 Å². The van der Waals surface area contributed by atoms with Crippen LogP contribution in [0.5, 0.6) is 0 Å². The third-order valence-electron chi connectivity index (χ3n) is 6.92. The Morgan fingerprint density at radius 2 is 1.82 bits per heavy atom. The lowest BCUT2D eigenvalue weighted by atomic mass is 9.77. The number of hydrogen-bond donors (Lipinski definition) is 1. The zero-order chi connectivity index (χ0) is 28.5. The lowest BCUT2D eigenvalue weighted by Crippen LogP contribution is -2.47. The highest BCUT2D eigenvalue weighted by Crippen LogP contribution is 2.40. The zero-order valence-corrected chi connectivity index (χ0v) is 22.6. The van der Waals surface area contributed by atoms with Gasteiger partial charge in [-0.15, -0.1) is 0 Å². The highest BCUT2D eigenvalue weighted by Gasteiger charge is 2.36. The predicted octanol–water partition coefficient (Wildman–Crippen LogP) is 6.08. The molecular formula is C26H26ClF5N4O2S. The Morgan fingerprint density at radius 3 is 2.46 bits per heavy atom. The van der Waals surface area contributed by atoms with Crippen molar-refractivity contribution < 1.29 is 30.4 Å². The van der Waals surface area contributed by atoms with Gasteiger partial charge in [0.05, 0.1) is 27.7 Å². The fourth-order valence-electron chi connectivity index (χ4n) is 4.95. The normalized spacial score (nSPS) is 20.3. The number of alkyl halides is 3. The van der Waals surface area contributed by atoms with Gasteiger partial charge < -0.3 is 10.2 Å². The minimum atomic E-state index is -4.59. The van der Waals surface area contributed by atoms with Gasteiger partial charge in [-0.3, -0.25) is 0 Å². The predicted molar refractivity (Wildman–Crippen MR) is 137 cm³/mol. The molecule has 1 heterocycles. The van der Waals surface area contributed by atoms with Crippen LogP contribution >= 0.6 is 11.6 Å². The number of rotatable bonds is 7. The van der Waals surface area contributed by atoms with Crippen molar-refractivity contribution in [3.63, 3.8) is 0 Å². The molecule has 3 atom stereocenters. The molecule has 0 aliphatic heterocycles. The fourth-order valence-corrected chi connectivity index (χ4v) is 6.61. The molecule has 1 aliphatic carbocycles. The Bertz CT molecular complexity index is 1440. The molecule has 2 aromatic carbocycles. The van der Waals surface area contributed by atoms with Gasteiger partial charge in [-0.1, -0.05) is 11.6 Å². The van der Waals surface area contributed by atoms with Gasteiger partial charge in [0, 0.05) is 18.3 Å². The second-order valence-electron chi connectivity index (χ2n) is 9.75. The van der Waals surface area contributed by atoms with Crippen LogP contribution in [0.1, 0.15) is 42.0 Å². The maximum atomic E-state index is 15.0. The van der Waals surface area contributed by atoms with Crippen LogP contribution in [0.3, 0.4) is 0 Å². The fraction of sp³-hybridized carbons (Fsp3) is 0.385. The maximum absolute atomic E-state index is 15.0. The first-order valence-electron chi connectivity index (χ1n) is 12.0. The molecule has 1 saturated carbocycles. The molecule has 1 N–H and O–H groups in total. The second-order valence-corrected chi connectivity index (χ2v) is 12.1. The van der Waals surface area contributed by atoms with Crippen molar-refractivity contribution in [1.82, 2.24) is 14.9 Å². The van der Waals surface area contributed by atoms with Gasteiger partial charge >= 0.3 is 6.18 Å². The van der Waals surface area contributed by atoms with Crippen LogP contribution in [0.2, 0.25) is 5.02 Å². The molecule has 0 unspecified atom stereocenters. The van der Waals surface area contributed by atoms with Crippen molar-refractivity contribution in [2.24, 2.45) is 0 Å². The summed E-state index contributed by atoms with van der Waals surface area (Å²) in [5.74, 6) is -2.67. The van der Waals surface area contributed by atoms with Crippen molar-refractivity contribution in [3.05, 3.63) is 82.4 Å². The number of likely N-dealkylation sites (N-methyl/N-ethyl adjacent to an activating group) is 1. The van der Waals surface area contributed by atoms with E-state index in [9.17, 15) is 26.0 Å². The van der Waals surface area contributed by atoms with Crippen molar-refractivity contribution >= 4 is 27.1 Å². The summed E-state index contributed by atoms with van der Waals surface area (Å²) in [4.78, 5) is 8.89. The van der Waals surface area contributed by atoms with E-state index in [1.807, 2.05) is 4.90 Å². The van der Waals surface area contributed by atoms with Gasteiger partial charge in [-0.2, -0.15) is 13.2 Å². The summed E-state index contributed by atoms with van der Waals surface area (Å²) in [5.41, 5.74) is -0.517. The van der Waals surface area contributed by atoms with Gasteiger partial charge in [0.1, 0.15) is 22.9 Å². The van der Waals surface area contributed by atoms with Crippen molar-refractivity contribution in [2.75, 3.05) is 19.4 Å². The van der Waals surface area contributed by atoms with Gasteiger partial charge in [0.15, 0.2) is 9.84 Å². The first-order chi connectivity index (χ1) is 18.3. The Morgan fingerprint density at radius 1 is 1.08 bits per heavy atom. The van der Waals surface area contributed by atoms with Crippen LogP contribution in [0.4, 0.5) is 27.6 Å². The molecule has 0 amide bonds. The summed E-state index contributed by atoms with van der Waals surface area (Å²) in [7, 11) is -0.524. The molecule has 1 fully saturated rings. The molecule has 1 aromatic heterocycles. The number of halogens is 6. The van der Waals surface area contributed by atoms with E-state index in [0.29, 0.717) is 19.3 Å². The van der Waals surface area contributed by atoms with Crippen LogP contribution in [-0.2, 0) is 21.8 Å². The van der Waals surface area contributed by atoms with Crippen LogP contribution in [-0.4, -0.2) is 49.5 Å². The molecule has 6 nitrogen and oxygen atoms in total. The number of anilines is 1. The van der Waals surface area contributed by atoms with Crippen LogP contribution in [0.25, 0.3) is 0 Å². The third kappa shape index (κ3) is 6.67. The SMILES string of the molecule is CN(C)[C@H]1C[C@@H](c2cc(C(F)(F)F)ccc2F)CC[C@@H]1Nc1cc(F)c(S(=O)(=O)Cc2ccncn2)cc1Cl. The molecule has 0 saturated heterocycles. The highest BCUT2D eigenvalue weighted by molar-refractivity contribution is 7.90. The Hall–Kier alpha value is -2.83. The van der Waals surface area contributed by atoms with E-state index in [1.165, 1.54) is 18.6 Å². The minimum absolute atomic E-state index is 0.0115. The van der Waals surface area contributed by atoms with E-state index < -0.39 is 49.8 Å². The van der Waals surface area contributed by atoms with E-state index in [1.54, 1.807) is 14.1 Å². The molecule has 39 heavy (non-hydrogen) atoms. The molecule has 0 radical (unpaired) electrons. The number of nitrogens with zero attached hydrogens (tertiary/aromatic N) is 3. The Labute approximate surface area is 228 Å². The number of nitrogens with one attached hydrogen (secondary N) is 1. The average molecular weight is 589 g/mol. The smallest absolute Gasteiger partial charge is 0.379 e. The quantitative estimate of drug-likeness (QED) is 0.337. The van der Waals surface area contributed by atoms with Crippen LogP contribution in [0.15, 0.2) is 53.8 Å².